The van der Waals surface area contributed by atoms with Gasteiger partial charge in [-0.05, 0) is 30.0 Å². The Labute approximate surface area is 106 Å². The van der Waals surface area contributed by atoms with Crippen molar-refractivity contribution in [3.8, 4) is 17.2 Å². The molecule has 1 nitrogen and oxygen atoms in total. The lowest BCUT2D eigenvalue weighted by molar-refractivity contribution is 0.627. The summed E-state index contributed by atoms with van der Waals surface area (Å²) >= 11 is 0. The lowest BCUT2D eigenvalue weighted by Gasteiger charge is -2.09. The third-order valence-corrected chi connectivity index (χ3v) is 3.57. The van der Waals surface area contributed by atoms with Crippen LogP contribution >= 0.6 is 0 Å². The summed E-state index contributed by atoms with van der Waals surface area (Å²) in [6.45, 7) is 0. The van der Waals surface area contributed by atoms with Crippen molar-refractivity contribution in [2.75, 3.05) is 0 Å². The van der Waals surface area contributed by atoms with Gasteiger partial charge < -0.3 is 0 Å². The SMILES string of the molecule is N#CC1(c2ccc(-c3ccccc3)c(F)c2)CC1. The molecule has 0 spiro atoms. The van der Waals surface area contributed by atoms with Crippen LogP contribution in [-0.4, -0.2) is 0 Å². The smallest absolute Gasteiger partial charge is 0.131 e. The van der Waals surface area contributed by atoms with E-state index in [9.17, 15) is 4.39 Å². The van der Waals surface area contributed by atoms with Gasteiger partial charge in [-0.1, -0.05) is 42.5 Å². The Bertz CT molecular complexity index is 621. The number of hydrogen-bond acceptors (Lipinski definition) is 1. The Kier molecular flexibility index (Phi) is 2.41. The van der Waals surface area contributed by atoms with Gasteiger partial charge in [-0.2, -0.15) is 5.26 Å². The zero-order chi connectivity index (χ0) is 12.6. The molecule has 0 aromatic heterocycles. The maximum Gasteiger partial charge on any atom is 0.131 e. The zero-order valence-corrected chi connectivity index (χ0v) is 9.86. The summed E-state index contributed by atoms with van der Waals surface area (Å²) in [6, 6.07) is 16.9. The quantitative estimate of drug-likeness (QED) is 0.773. The Morgan fingerprint density at radius 3 is 2.33 bits per heavy atom. The van der Waals surface area contributed by atoms with E-state index in [2.05, 4.69) is 6.07 Å². The van der Waals surface area contributed by atoms with E-state index in [1.807, 2.05) is 36.4 Å². The van der Waals surface area contributed by atoms with Crippen LogP contribution in [0.1, 0.15) is 18.4 Å². The Morgan fingerprint density at radius 2 is 1.78 bits per heavy atom. The Hall–Kier alpha value is -2.14. The van der Waals surface area contributed by atoms with E-state index >= 15 is 0 Å². The van der Waals surface area contributed by atoms with Crippen LogP contribution < -0.4 is 0 Å². The zero-order valence-electron chi connectivity index (χ0n) is 9.86. The number of hydrogen-bond donors (Lipinski definition) is 0. The summed E-state index contributed by atoms with van der Waals surface area (Å²) in [5.41, 5.74) is 1.84. The molecule has 1 fully saturated rings. The van der Waals surface area contributed by atoms with E-state index in [1.54, 1.807) is 6.07 Å². The van der Waals surface area contributed by atoms with Gasteiger partial charge in [0.1, 0.15) is 5.82 Å². The molecule has 3 rings (SSSR count). The first-order chi connectivity index (χ1) is 8.75. The van der Waals surface area contributed by atoms with Crippen LogP contribution in [0.3, 0.4) is 0 Å². The highest BCUT2D eigenvalue weighted by Gasteiger charge is 2.45. The topological polar surface area (TPSA) is 23.8 Å². The number of nitriles is 1. The van der Waals surface area contributed by atoms with Crippen molar-refractivity contribution in [2.24, 2.45) is 0 Å². The fourth-order valence-electron chi connectivity index (χ4n) is 2.25. The molecule has 1 aliphatic rings. The fraction of sp³-hybridized carbons (Fsp3) is 0.188. The van der Waals surface area contributed by atoms with E-state index in [0.29, 0.717) is 5.56 Å². The highest BCUT2D eigenvalue weighted by Crippen LogP contribution is 2.48. The summed E-state index contributed by atoms with van der Waals surface area (Å²) in [6.07, 6.45) is 1.68. The van der Waals surface area contributed by atoms with Gasteiger partial charge in [0.05, 0.1) is 11.5 Å². The molecule has 0 unspecified atom stereocenters. The van der Waals surface area contributed by atoms with Gasteiger partial charge in [-0.25, -0.2) is 4.39 Å². The molecular weight excluding hydrogens is 225 g/mol. The van der Waals surface area contributed by atoms with Gasteiger partial charge in [0, 0.05) is 5.56 Å². The molecule has 0 atom stereocenters. The summed E-state index contributed by atoms with van der Waals surface area (Å²) < 4.78 is 14.1. The minimum Gasteiger partial charge on any atom is -0.206 e. The molecule has 1 aliphatic carbocycles. The van der Waals surface area contributed by atoms with Crippen molar-refractivity contribution in [1.82, 2.24) is 0 Å². The second-order valence-corrected chi connectivity index (χ2v) is 4.75. The summed E-state index contributed by atoms with van der Waals surface area (Å²) in [5, 5.41) is 9.11. The van der Waals surface area contributed by atoms with E-state index < -0.39 is 5.41 Å². The van der Waals surface area contributed by atoms with Gasteiger partial charge in [0.15, 0.2) is 0 Å². The lowest BCUT2D eigenvalue weighted by atomic mass is 9.94. The highest BCUT2D eigenvalue weighted by atomic mass is 19.1. The van der Waals surface area contributed by atoms with Crippen LogP contribution in [0.25, 0.3) is 11.1 Å². The molecule has 0 heterocycles. The van der Waals surface area contributed by atoms with Crippen LogP contribution in [0.15, 0.2) is 48.5 Å². The molecule has 18 heavy (non-hydrogen) atoms. The first-order valence-corrected chi connectivity index (χ1v) is 6.02. The maximum absolute atomic E-state index is 14.1. The molecule has 0 bridgehead atoms. The van der Waals surface area contributed by atoms with Crippen molar-refractivity contribution in [3.05, 3.63) is 59.9 Å². The molecule has 0 aliphatic heterocycles. The number of halogens is 1. The molecule has 2 heteroatoms. The van der Waals surface area contributed by atoms with Crippen molar-refractivity contribution < 1.29 is 4.39 Å². The summed E-state index contributed by atoms with van der Waals surface area (Å²) in [5.74, 6) is -0.250. The lowest BCUT2D eigenvalue weighted by Crippen LogP contribution is -2.03. The highest BCUT2D eigenvalue weighted by molar-refractivity contribution is 5.65. The third kappa shape index (κ3) is 1.69. The van der Waals surface area contributed by atoms with Crippen molar-refractivity contribution in [2.45, 2.75) is 18.3 Å². The van der Waals surface area contributed by atoms with Crippen LogP contribution in [0.4, 0.5) is 4.39 Å². The van der Waals surface area contributed by atoms with Gasteiger partial charge in [0.25, 0.3) is 0 Å². The summed E-state index contributed by atoms with van der Waals surface area (Å²) in [4.78, 5) is 0. The first kappa shape index (κ1) is 11.0. The van der Waals surface area contributed by atoms with E-state index in [-0.39, 0.29) is 5.82 Å². The second-order valence-electron chi connectivity index (χ2n) is 4.75. The van der Waals surface area contributed by atoms with Crippen LogP contribution in [0.5, 0.6) is 0 Å². The normalized spacial score (nSPS) is 16.0. The van der Waals surface area contributed by atoms with E-state index in [0.717, 1.165) is 24.0 Å². The number of benzene rings is 2. The molecule has 88 valence electrons. The standard InChI is InChI=1S/C16H12FN/c17-15-10-13(16(11-18)8-9-16)6-7-14(15)12-4-2-1-3-5-12/h1-7,10H,8-9H2. The van der Waals surface area contributed by atoms with Gasteiger partial charge in [-0.3, -0.25) is 0 Å². The minimum atomic E-state index is -0.421. The molecule has 0 saturated heterocycles. The molecule has 1 saturated carbocycles. The maximum atomic E-state index is 14.1. The average Bonchev–Trinajstić information content (AvgIpc) is 3.21. The van der Waals surface area contributed by atoms with Gasteiger partial charge in [0.2, 0.25) is 0 Å². The molecule has 2 aromatic rings. The third-order valence-electron chi connectivity index (χ3n) is 3.57. The largest absolute Gasteiger partial charge is 0.206 e. The van der Waals surface area contributed by atoms with Crippen molar-refractivity contribution >= 4 is 0 Å². The Morgan fingerprint density at radius 1 is 1.06 bits per heavy atom. The predicted octanol–water partition coefficient (Wildman–Crippen LogP) is 4.05. The monoisotopic (exact) mass is 237 g/mol. The second kappa shape index (κ2) is 3.96. The van der Waals surface area contributed by atoms with E-state index in [4.69, 9.17) is 5.26 Å². The summed E-state index contributed by atoms with van der Waals surface area (Å²) in [7, 11) is 0. The number of nitrogens with zero attached hydrogens (tertiary/aromatic N) is 1. The Balaban J connectivity index is 2.03. The van der Waals surface area contributed by atoms with Crippen molar-refractivity contribution in [3.63, 3.8) is 0 Å². The van der Waals surface area contributed by atoms with Gasteiger partial charge >= 0.3 is 0 Å². The minimum absolute atomic E-state index is 0.250. The van der Waals surface area contributed by atoms with Crippen LogP contribution in [-0.2, 0) is 5.41 Å². The molecule has 0 N–H and O–H groups in total. The van der Waals surface area contributed by atoms with Gasteiger partial charge in [-0.15, -0.1) is 0 Å². The van der Waals surface area contributed by atoms with Crippen LogP contribution in [0, 0.1) is 17.1 Å². The molecule has 0 radical (unpaired) electrons. The van der Waals surface area contributed by atoms with Crippen LogP contribution in [0.2, 0.25) is 0 Å². The fourth-order valence-corrected chi connectivity index (χ4v) is 2.25. The van der Waals surface area contributed by atoms with Crippen molar-refractivity contribution in [1.29, 1.82) is 5.26 Å². The molecular formula is C16H12FN. The molecule has 2 aromatic carbocycles. The van der Waals surface area contributed by atoms with E-state index in [1.165, 1.54) is 6.07 Å². The first-order valence-electron chi connectivity index (χ1n) is 6.02. The molecule has 0 amide bonds. The predicted molar refractivity (Wildman–Crippen MR) is 68.4 cm³/mol. The average molecular weight is 237 g/mol. The number of rotatable bonds is 2.